The van der Waals surface area contributed by atoms with E-state index in [0.29, 0.717) is 26.1 Å². The number of carbonyl (C=O) groups is 2. The van der Waals surface area contributed by atoms with Crippen LogP contribution in [0.1, 0.15) is 23.1 Å². The SMILES string of the molecule is Cc1cccc(C)c1C[C@H](NC(=O)[C@@H]1CCOC1)C(=O)O. The fourth-order valence-corrected chi connectivity index (χ4v) is 2.61. The largest absolute Gasteiger partial charge is 0.480 e. The number of ether oxygens (including phenoxy) is 1. The third kappa shape index (κ3) is 3.82. The predicted molar refractivity (Wildman–Crippen MR) is 78.1 cm³/mol. The summed E-state index contributed by atoms with van der Waals surface area (Å²) in [5.74, 6) is -1.47. The molecule has 21 heavy (non-hydrogen) atoms. The number of nitrogens with one attached hydrogen (secondary N) is 1. The van der Waals surface area contributed by atoms with Gasteiger partial charge in [-0.3, -0.25) is 4.79 Å². The van der Waals surface area contributed by atoms with Crippen molar-refractivity contribution in [2.24, 2.45) is 5.92 Å². The lowest BCUT2D eigenvalue weighted by Crippen LogP contribution is -2.45. The number of hydrogen-bond donors (Lipinski definition) is 2. The van der Waals surface area contributed by atoms with Gasteiger partial charge >= 0.3 is 5.97 Å². The fourth-order valence-electron chi connectivity index (χ4n) is 2.61. The Labute approximate surface area is 124 Å². The maximum atomic E-state index is 12.1. The van der Waals surface area contributed by atoms with Crippen LogP contribution in [0.2, 0.25) is 0 Å². The van der Waals surface area contributed by atoms with E-state index in [2.05, 4.69) is 5.32 Å². The molecule has 1 amide bonds. The van der Waals surface area contributed by atoms with Gasteiger partial charge in [0, 0.05) is 13.0 Å². The van der Waals surface area contributed by atoms with E-state index >= 15 is 0 Å². The molecule has 0 bridgehead atoms. The van der Waals surface area contributed by atoms with Gasteiger partial charge in [-0.25, -0.2) is 4.79 Å². The van der Waals surface area contributed by atoms with E-state index in [9.17, 15) is 14.7 Å². The van der Waals surface area contributed by atoms with E-state index in [1.54, 1.807) is 0 Å². The number of aliphatic carboxylic acids is 1. The molecule has 114 valence electrons. The molecule has 2 rings (SSSR count). The lowest BCUT2D eigenvalue weighted by atomic mass is 9.96. The van der Waals surface area contributed by atoms with E-state index in [4.69, 9.17) is 4.74 Å². The summed E-state index contributed by atoms with van der Waals surface area (Å²) in [6.07, 6.45) is 0.953. The van der Waals surface area contributed by atoms with Crippen LogP contribution in [0.4, 0.5) is 0 Å². The molecule has 1 heterocycles. The van der Waals surface area contributed by atoms with Crippen molar-refractivity contribution in [3.8, 4) is 0 Å². The second-order valence-electron chi connectivity index (χ2n) is 5.53. The number of carbonyl (C=O) groups excluding carboxylic acids is 1. The number of aryl methyl sites for hydroxylation is 2. The van der Waals surface area contributed by atoms with Crippen molar-refractivity contribution in [2.45, 2.75) is 32.7 Å². The van der Waals surface area contributed by atoms with Crippen molar-refractivity contribution in [3.63, 3.8) is 0 Å². The molecule has 1 aliphatic rings. The molecule has 2 N–H and O–H groups in total. The van der Waals surface area contributed by atoms with Crippen LogP contribution in [0.5, 0.6) is 0 Å². The summed E-state index contributed by atoms with van der Waals surface area (Å²) < 4.78 is 5.17. The molecule has 0 aliphatic carbocycles. The molecular weight excluding hydrogens is 270 g/mol. The maximum Gasteiger partial charge on any atom is 0.326 e. The standard InChI is InChI=1S/C16H21NO4/c1-10-4-3-5-11(2)13(10)8-14(16(19)20)17-15(18)12-6-7-21-9-12/h3-5,12,14H,6-9H2,1-2H3,(H,17,18)(H,19,20)/t12-,14+/m1/s1. The Morgan fingerprint density at radius 3 is 2.57 bits per heavy atom. The molecule has 0 aromatic heterocycles. The first-order valence-corrected chi connectivity index (χ1v) is 7.15. The van der Waals surface area contributed by atoms with Crippen LogP contribution >= 0.6 is 0 Å². The summed E-state index contributed by atoms with van der Waals surface area (Å²) in [7, 11) is 0. The van der Waals surface area contributed by atoms with E-state index < -0.39 is 12.0 Å². The fraction of sp³-hybridized carbons (Fsp3) is 0.500. The molecule has 1 aliphatic heterocycles. The van der Waals surface area contributed by atoms with Gasteiger partial charge in [-0.1, -0.05) is 18.2 Å². The summed E-state index contributed by atoms with van der Waals surface area (Å²) in [6, 6.07) is 4.94. The van der Waals surface area contributed by atoms with Crippen LogP contribution in [0.3, 0.4) is 0 Å². The van der Waals surface area contributed by atoms with Crippen LogP contribution < -0.4 is 5.32 Å². The first kappa shape index (κ1) is 15.5. The Hall–Kier alpha value is -1.88. The number of benzene rings is 1. The Bertz CT molecular complexity index is 515. The van der Waals surface area contributed by atoms with Gasteiger partial charge in [-0.05, 0) is 37.0 Å². The lowest BCUT2D eigenvalue weighted by Gasteiger charge is -2.19. The highest BCUT2D eigenvalue weighted by molar-refractivity contribution is 5.85. The zero-order chi connectivity index (χ0) is 15.4. The zero-order valence-corrected chi connectivity index (χ0v) is 12.4. The van der Waals surface area contributed by atoms with Crippen molar-refractivity contribution in [1.29, 1.82) is 0 Å². The van der Waals surface area contributed by atoms with Crippen LogP contribution in [0.15, 0.2) is 18.2 Å². The van der Waals surface area contributed by atoms with Gasteiger partial charge in [0.05, 0.1) is 12.5 Å². The van der Waals surface area contributed by atoms with Crippen molar-refractivity contribution in [3.05, 3.63) is 34.9 Å². The third-order valence-corrected chi connectivity index (χ3v) is 3.97. The van der Waals surface area contributed by atoms with Gasteiger partial charge in [-0.2, -0.15) is 0 Å². The highest BCUT2D eigenvalue weighted by Crippen LogP contribution is 2.17. The first-order chi connectivity index (χ1) is 9.99. The minimum atomic E-state index is -1.01. The quantitative estimate of drug-likeness (QED) is 0.861. The summed E-state index contributed by atoms with van der Waals surface area (Å²) >= 11 is 0. The maximum absolute atomic E-state index is 12.1. The highest BCUT2D eigenvalue weighted by Gasteiger charge is 2.28. The molecule has 1 saturated heterocycles. The lowest BCUT2D eigenvalue weighted by molar-refractivity contribution is -0.142. The molecule has 1 aromatic carbocycles. The van der Waals surface area contributed by atoms with Crippen LogP contribution in [0, 0.1) is 19.8 Å². The van der Waals surface area contributed by atoms with Gasteiger partial charge in [-0.15, -0.1) is 0 Å². The summed E-state index contributed by atoms with van der Waals surface area (Å²) in [5.41, 5.74) is 3.06. The van der Waals surface area contributed by atoms with E-state index in [1.165, 1.54) is 0 Å². The average molecular weight is 291 g/mol. The van der Waals surface area contributed by atoms with Crippen LogP contribution in [0.25, 0.3) is 0 Å². The average Bonchev–Trinajstić information content (AvgIpc) is 2.95. The number of amides is 1. The van der Waals surface area contributed by atoms with Gasteiger partial charge in [0.25, 0.3) is 0 Å². The van der Waals surface area contributed by atoms with E-state index in [1.807, 2.05) is 32.0 Å². The zero-order valence-electron chi connectivity index (χ0n) is 12.4. The van der Waals surface area contributed by atoms with E-state index in [-0.39, 0.29) is 11.8 Å². The summed E-state index contributed by atoms with van der Waals surface area (Å²) in [6.45, 7) is 4.84. The topological polar surface area (TPSA) is 75.6 Å². The number of carboxylic acids is 1. The Kier molecular flexibility index (Phi) is 4.96. The Morgan fingerprint density at radius 1 is 1.38 bits per heavy atom. The van der Waals surface area contributed by atoms with Crippen molar-refractivity contribution < 1.29 is 19.4 Å². The Balaban J connectivity index is 2.09. The molecule has 0 spiro atoms. The molecule has 0 radical (unpaired) electrons. The minimum absolute atomic E-state index is 0.230. The summed E-state index contributed by atoms with van der Waals surface area (Å²) in [5, 5.41) is 12.0. The smallest absolute Gasteiger partial charge is 0.326 e. The molecular formula is C16H21NO4. The second kappa shape index (κ2) is 6.72. The van der Waals surface area contributed by atoms with Crippen molar-refractivity contribution in [1.82, 2.24) is 5.32 Å². The van der Waals surface area contributed by atoms with Crippen molar-refractivity contribution >= 4 is 11.9 Å². The predicted octanol–water partition coefficient (Wildman–Crippen LogP) is 1.45. The molecule has 1 fully saturated rings. The number of rotatable bonds is 5. The number of hydrogen-bond acceptors (Lipinski definition) is 3. The monoisotopic (exact) mass is 291 g/mol. The molecule has 0 saturated carbocycles. The molecule has 5 heteroatoms. The molecule has 2 atom stereocenters. The highest BCUT2D eigenvalue weighted by atomic mass is 16.5. The minimum Gasteiger partial charge on any atom is -0.480 e. The molecule has 1 aromatic rings. The second-order valence-corrected chi connectivity index (χ2v) is 5.53. The van der Waals surface area contributed by atoms with Gasteiger partial charge in [0.2, 0.25) is 5.91 Å². The summed E-state index contributed by atoms with van der Waals surface area (Å²) in [4.78, 5) is 23.5. The number of carboxylic acid groups (broad SMARTS) is 1. The third-order valence-electron chi connectivity index (χ3n) is 3.97. The van der Waals surface area contributed by atoms with Crippen molar-refractivity contribution in [2.75, 3.05) is 13.2 Å². The van der Waals surface area contributed by atoms with E-state index in [0.717, 1.165) is 16.7 Å². The van der Waals surface area contributed by atoms with Gasteiger partial charge < -0.3 is 15.2 Å². The van der Waals surface area contributed by atoms with Crippen LogP contribution in [-0.4, -0.2) is 36.2 Å². The Morgan fingerprint density at radius 2 is 2.05 bits per heavy atom. The first-order valence-electron chi connectivity index (χ1n) is 7.15. The van der Waals surface area contributed by atoms with Crippen LogP contribution in [-0.2, 0) is 20.7 Å². The normalized spacial score (nSPS) is 19.2. The van der Waals surface area contributed by atoms with Gasteiger partial charge in [0.15, 0.2) is 0 Å². The molecule has 0 unspecified atom stereocenters. The molecule has 5 nitrogen and oxygen atoms in total. The van der Waals surface area contributed by atoms with Gasteiger partial charge in [0.1, 0.15) is 6.04 Å².